The maximum Gasteiger partial charge on any atom is 0.236 e. The number of aryl methyl sites for hydroxylation is 1. The molecule has 1 rings (SSSR count). The Hall–Kier alpha value is -1.71. The lowest BCUT2D eigenvalue weighted by molar-refractivity contribution is -0.116. The molecule has 0 radical (unpaired) electrons. The van der Waals surface area contributed by atoms with Crippen LogP contribution in [0.4, 0.5) is 11.4 Å². The van der Waals surface area contributed by atoms with Gasteiger partial charge in [-0.2, -0.15) is 0 Å². The molecule has 1 aromatic carbocycles. The summed E-state index contributed by atoms with van der Waals surface area (Å²) < 4.78 is 0. The van der Waals surface area contributed by atoms with E-state index < -0.39 is 0 Å². The molecule has 0 aromatic heterocycles. The summed E-state index contributed by atoms with van der Waals surface area (Å²) in [6.07, 6.45) is 0. The molecular weight excluding hydrogens is 214 g/mol. The number of rotatable bonds is 5. The Kier molecular flexibility index (Phi) is 4.37. The summed E-state index contributed by atoms with van der Waals surface area (Å²) >= 11 is 0. The van der Waals surface area contributed by atoms with Crippen molar-refractivity contribution in [3.63, 3.8) is 0 Å². The van der Waals surface area contributed by atoms with Gasteiger partial charge in [-0.3, -0.25) is 4.79 Å². The van der Waals surface area contributed by atoms with Crippen LogP contribution in [0.2, 0.25) is 0 Å². The summed E-state index contributed by atoms with van der Waals surface area (Å²) in [4.78, 5) is 13.0. The lowest BCUT2D eigenvalue weighted by Crippen LogP contribution is -2.36. The molecule has 0 aliphatic heterocycles. The van der Waals surface area contributed by atoms with Gasteiger partial charge in [-0.15, -0.1) is 0 Å². The van der Waals surface area contributed by atoms with E-state index in [9.17, 15) is 4.79 Å². The molecule has 4 heteroatoms. The molecule has 0 saturated heterocycles. The summed E-state index contributed by atoms with van der Waals surface area (Å²) in [6, 6.07) is 5.80. The third-order valence-electron chi connectivity index (χ3n) is 2.46. The number of primary amides is 1. The molecule has 0 aliphatic rings. The minimum atomic E-state index is -0.341. The molecule has 0 fully saturated rings. The van der Waals surface area contributed by atoms with E-state index in [4.69, 9.17) is 11.5 Å². The Morgan fingerprint density at radius 2 is 2.06 bits per heavy atom. The van der Waals surface area contributed by atoms with Gasteiger partial charge in [-0.25, -0.2) is 0 Å². The average Bonchev–Trinajstić information content (AvgIpc) is 2.19. The molecule has 1 amide bonds. The highest BCUT2D eigenvalue weighted by Gasteiger charge is 2.13. The van der Waals surface area contributed by atoms with Crippen molar-refractivity contribution in [2.75, 3.05) is 23.7 Å². The number of amides is 1. The monoisotopic (exact) mass is 235 g/mol. The van der Waals surface area contributed by atoms with Gasteiger partial charge in [0.1, 0.15) is 0 Å². The van der Waals surface area contributed by atoms with Crippen molar-refractivity contribution in [2.45, 2.75) is 20.8 Å². The first kappa shape index (κ1) is 13.4. The van der Waals surface area contributed by atoms with Crippen LogP contribution in [0.5, 0.6) is 0 Å². The molecule has 0 unspecified atom stereocenters. The number of benzene rings is 1. The van der Waals surface area contributed by atoms with Gasteiger partial charge >= 0.3 is 0 Å². The fourth-order valence-electron chi connectivity index (χ4n) is 1.80. The zero-order chi connectivity index (χ0) is 13.0. The second-order valence-electron chi connectivity index (χ2n) is 4.80. The van der Waals surface area contributed by atoms with E-state index in [1.165, 1.54) is 0 Å². The first-order chi connectivity index (χ1) is 7.90. The van der Waals surface area contributed by atoms with Crippen LogP contribution in [0.25, 0.3) is 0 Å². The number of nitrogens with two attached hydrogens (primary N) is 2. The lowest BCUT2D eigenvalue weighted by Gasteiger charge is -2.26. The zero-order valence-electron chi connectivity index (χ0n) is 10.7. The second kappa shape index (κ2) is 5.57. The maximum absolute atomic E-state index is 11.1. The fraction of sp³-hybridized carbons (Fsp3) is 0.462. The quantitative estimate of drug-likeness (QED) is 0.760. The minimum Gasteiger partial charge on any atom is -0.397 e. The number of carbonyl (C=O) groups is 1. The van der Waals surface area contributed by atoms with Crippen molar-refractivity contribution in [3.05, 3.63) is 23.8 Å². The Labute approximate surface area is 103 Å². The molecule has 0 spiro atoms. The first-order valence-corrected chi connectivity index (χ1v) is 5.79. The van der Waals surface area contributed by atoms with Crippen LogP contribution in [-0.2, 0) is 4.79 Å². The molecule has 0 heterocycles. The predicted octanol–water partition coefficient (Wildman–Crippen LogP) is 1.52. The molecule has 0 atom stereocenters. The number of nitrogens with zero attached hydrogens (tertiary/aromatic N) is 1. The highest BCUT2D eigenvalue weighted by atomic mass is 16.1. The van der Waals surface area contributed by atoms with E-state index in [2.05, 4.69) is 13.8 Å². The summed E-state index contributed by atoms with van der Waals surface area (Å²) in [5, 5.41) is 0. The molecule has 17 heavy (non-hydrogen) atoms. The van der Waals surface area contributed by atoms with E-state index in [0.717, 1.165) is 17.8 Å². The van der Waals surface area contributed by atoms with Gasteiger partial charge in [-0.1, -0.05) is 19.9 Å². The third kappa shape index (κ3) is 3.98. The van der Waals surface area contributed by atoms with Crippen LogP contribution in [-0.4, -0.2) is 19.0 Å². The van der Waals surface area contributed by atoms with Crippen molar-refractivity contribution < 1.29 is 4.79 Å². The smallest absolute Gasteiger partial charge is 0.236 e. The minimum absolute atomic E-state index is 0.200. The topological polar surface area (TPSA) is 72.3 Å². The van der Waals surface area contributed by atoms with Crippen molar-refractivity contribution in [3.8, 4) is 0 Å². The molecule has 94 valence electrons. The van der Waals surface area contributed by atoms with Crippen LogP contribution in [0.15, 0.2) is 18.2 Å². The normalized spacial score (nSPS) is 10.6. The standard InChI is InChI=1S/C13H21N3O/c1-9(2)7-16(8-13(15)17)12-6-10(3)4-5-11(12)14/h4-6,9H,7-8,14H2,1-3H3,(H2,15,17). The second-order valence-corrected chi connectivity index (χ2v) is 4.80. The average molecular weight is 235 g/mol. The SMILES string of the molecule is Cc1ccc(N)c(N(CC(N)=O)CC(C)C)c1. The fourth-order valence-corrected chi connectivity index (χ4v) is 1.80. The van der Waals surface area contributed by atoms with Crippen molar-refractivity contribution in [1.29, 1.82) is 0 Å². The number of anilines is 2. The largest absolute Gasteiger partial charge is 0.397 e. The summed E-state index contributed by atoms with van der Waals surface area (Å²) in [6.45, 7) is 7.16. The summed E-state index contributed by atoms with van der Waals surface area (Å²) in [5.74, 6) is 0.0980. The number of nitrogen functional groups attached to an aromatic ring is 1. The van der Waals surface area contributed by atoms with Gasteiger partial charge in [0, 0.05) is 6.54 Å². The molecule has 1 aromatic rings. The van der Waals surface area contributed by atoms with Gasteiger partial charge < -0.3 is 16.4 Å². The van der Waals surface area contributed by atoms with Crippen LogP contribution < -0.4 is 16.4 Å². The molecule has 0 bridgehead atoms. The zero-order valence-corrected chi connectivity index (χ0v) is 10.7. The summed E-state index contributed by atoms with van der Waals surface area (Å²) in [5.41, 5.74) is 13.9. The van der Waals surface area contributed by atoms with Crippen LogP contribution in [0, 0.1) is 12.8 Å². The van der Waals surface area contributed by atoms with Gasteiger partial charge in [0.2, 0.25) is 5.91 Å². The van der Waals surface area contributed by atoms with Gasteiger partial charge in [-0.05, 0) is 30.5 Å². The van der Waals surface area contributed by atoms with Crippen LogP contribution >= 0.6 is 0 Å². The Morgan fingerprint density at radius 1 is 1.41 bits per heavy atom. The number of hydrogen-bond acceptors (Lipinski definition) is 3. The Balaban J connectivity index is 3.02. The molecule has 4 N–H and O–H groups in total. The predicted molar refractivity (Wildman–Crippen MR) is 71.8 cm³/mol. The molecule has 0 saturated carbocycles. The van der Waals surface area contributed by atoms with Gasteiger partial charge in [0.15, 0.2) is 0 Å². The molecule has 4 nitrogen and oxygen atoms in total. The summed E-state index contributed by atoms with van der Waals surface area (Å²) in [7, 11) is 0. The van der Waals surface area contributed by atoms with E-state index in [1.807, 2.05) is 30.0 Å². The van der Waals surface area contributed by atoms with E-state index >= 15 is 0 Å². The number of carbonyl (C=O) groups excluding carboxylic acids is 1. The van der Waals surface area contributed by atoms with Crippen LogP contribution in [0.3, 0.4) is 0 Å². The van der Waals surface area contributed by atoms with Crippen LogP contribution in [0.1, 0.15) is 19.4 Å². The highest BCUT2D eigenvalue weighted by Crippen LogP contribution is 2.25. The Bertz CT molecular complexity index is 402. The number of hydrogen-bond donors (Lipinski definition) is 2. The first-order valence-electron chi connectivity index (χ1n) is 5.79. The van der Waals surface area contributed by atoms with E-state index in [0.29, 0.717) is 11.6 Å². The van der Waals surface area contributed by atoms with Gasteiger partial charge in [0.05, 0.1) is 17.9 Å². The third-order valence-corrected chi connectivity index (χ3v) is 2.46. The van der Waals surface area contributed by atoms with Crippen molar-refractivity contribution in [1.82, 2.24) is 0 Å². The van der Waals surface area contributed by atoms with Gasteiger partial charge in [0.25, 0.3) is 0 Å². The van der Waals surface area contributed by atoms with E-state index in [1.54, 1.807) is 0 Å². The molecular formula is C13H21N3O. The van der Waals surface area contributed by atoms with Crippen molar-refractivity contribution in [2.24, 2.45) is 11.7 Å². The van der Waals surface area contributed by atoms with E-state index in [-0.39, 0.29) is 12.5 Å². The maximum atomic E-state index is 11.1. The Morgan fingerprint density at radius 3 is 2.59 bits per heavy atom. The highest BCUT2D eigenvalue weighted by molar-refractivity contribution is 5.81. The lowest BCUT2D eigenvalue weighted by atomic mass is 10.1. The van der Waals surface area contributed by atoms with Crippen molar-refractivity contribution >= 4 is 17.3 Å². The molecule has 0 aliphatic carbocycles.